The summed E-state index contributed by atoms with van der Waals surface area (Å²) in [5, 5.41) is 14.7. The van der Waals surface area contributed by atoms with Crippen LogP contribution in [0.1, 0.15) is 48.4 Å². The number of aromatic nitrogens is 2. The van der Waals surface area contributed by atoms with Gasteiger partial charge in [0.15, 0.2) is 11.4 Å². The number of hydrogen-bond donors (Lipinski definition) is 1. The minimum Gasteiger partial charge on any atom is -0.465 e. The number of aryl methyl sites for hydroxylation is 2. The molecule has 1 saturated heterocycles. The van der Waals surface area contributed by atoms with E-state index < -0.39 is 15.6 Å². The van der Waals surface area contributed by atoms with Gasteiger partial charge in [-0.15, -0.1) is 0 Å². The van der Waals surface area contributed by atoms with Gasteiger partial charge in [-0.25, -0.2) is 8.42 Å². The molecule has 1 saturated carbocycles. The Bertz CT molecular complexity index is 883. The fourth-order valence-electron chi connectivity index (χ4n) is 3.07. The second-order valence-corrected chi connectivity index (χ2v) is 8.54. The molecule has 0 radical (unpaired) electrons. The molecule has 1 aliphatic heterocycles. The number of aliphatic hydroxyl groups is 1. The first-order valence-corrected chi connectivity index (χ1v) is 9.37. The molecule has 3 heterocycles. The normalized spacial score (nSPS) is 25.5. The second-order valence-electron chi connectivity index (χ2n) is 6.63. The first-order valence-electron chi connectivity index (χ1n) is 7.93. The monoisotopic (exact) mass is 353 g/mol. The molecule has 1 atom stereocenters. The molecule has 2 aromatic rings. The Balaban J connectivity index is 1.59. The van der Waals surface area contributed by atoms with Crippen LogP contribution in [0.4, 0.5) is 0 Å². The van der Waals surface area contributed by atoms with Gasteiger partial charge < -0.3 is 14.0 Å². The van der Waals surface area contributed by atoms with Gasteiger partial charge in [-0.05, 0) is 32.8 Å². The van der Waals surface area contributed by atoms with Crippen molar-refractivity contribution in [1.82, 2.24) is 14.4 Å². The third-order valence-corrected chi connectivity index (χ3v) is 6.56. The number of hydrogen-bond acceptors (Lipinski definition) is 7. The van der Waals surface area contributed by atoms with Gasteiger partial charge in [-0.1, -0.05) is 5.16 Å². The van der Waals surface area contributed by atoms with E-state index >= 15 is 0 Å². The van der Waals surface area contributed by atoms with Crippen LogP contribution < -0.4 is 0 Å². The van der Waals surface area contributed by atoms with Crippen molar-refractivity contribution in [1.29, 1.82) is 0 Å². The standard InChI is InChI=1S/C15H19N3O5S/c1-9-7-12(10(2)22-9)24(20,21)18-6-5-15(19,8-18)14-16-13(17-23-14)11-3-4-11/h7,11,19H,3-6,8H2,1-2H3. The highest BCUT2D eigenvalue weighted by Crippen LogP contribution is 2.40. The van der Waals surface area contributed by atoms with E-state index in [2.05, 4.69) is 10.1 Å². The maximum Gasteiger partial charge on any atom is 0.260 e. The van der Waals surface area contributed by atoms with Gasteiger partial charge in [0.05, 0.1) is 6.54 Å². The lowest BCUT2D eigenvalue weighted by Gasteiger charge is -2.19. The third-order valence-electron chi connectivity index (χ3n) is 4.61. The van der Waals surface area contributed by atoms with E-state index in [9.17, 15) is 13.5 Å². The molecule has 4 rings (SSSR count). The van der Waals surface area contributed by atoms with E-state index in [1.165, 1.54) is 10.4 Å². The lowest BCUT2D eigenvalue weighted by Crippen LogP contribution is -2.34. The smallest absolute Gasteiger partial charge is 0.260 e. The molecule has 1 aliphatic carbocycles. The fraction of sp³-hybridized carbons (Fsp3) is 0.600. The Morgan fingerprint density at radius 3 is 2.75 bits per heavy atom. The summed E-state index contributed by atoms with van der Waals surface area (Å²) in [5.74, 6) is 1.88. The van der Waals surface area contributed by atoms with Crippen molar-refractivity contribution in [3.05, 3.63) is 29.3 Å². The highest BCUT2D eigenvalue weighted by molar-refractivity contribution is 7.89. The van der Waals surface area contributed by atoms with Crippen LogP contribution in [0.3, 0.4) is 0 Å². The molecule has 0 amide bonds. The predicted octanol–water partition coefficient (Wildman–Crippen LogP) is 1.44. The summed E-state index contributed by atoms with van der Waals surface area (Å²) in [6.07, 6.45) is 2.27. The molecule has 130 valence electrons. The van der Waals surface area contributed by atoms with E-state index in [-0.39, 0.29) is 30.3 Å². The van der Waals surface area contributed by atoms with Crippen molar-refractivity contribution >= 4 is 10.0 Å². The highest BCUT2D eigenvalue weighted by Gasteiger charge is 2.47. The molecular formula is C15H19N3O5S. The Hall–Kier alpha value is -1.71. The zero-order chi connectivity index (χ0) is 17.1. The quantitative estimate of drug-likeness (QED) is 0.885. The molecule has 2 fully saturated rings. The van der Waals surface area contributed by atoms with Crippen molar-refractivity contribution in [2.45, 2.75) is 49.5 Å². The summed E-state index contributed by atoms with van der Waals surface area (Å²) in [6, 6.07) is 1.50. The Morgan fingerprint density at radius 2 is 2.12 bits per heavy atom. The molecule has 8 nitrogen and oxygen atoms in total. The molecule has 1 unspecified atom stereocenters. The van der Waals surface area contributed by atoms with Crippen LogP contribution in [0.15, 0.2) is 19.9 Å². The third kappa shape index (κ3) is 2.47. The van der Waals surface area contributed by atoms with Crippen LogP contribution in [0, 0.1) is 13.8 Å². The average molecular weight is 353 g/mol. The van der Waals surface area contributed by atoms with Crippen LogP contribution in [0.25, 0.3) is 0 Å². The highest BCUT2D eigenvalue weighted by atomic mass is 32.2. The first-order chi connectivity index (χ1) is 11.3. The van der Waals surface area contributed by atoms with Crippen molar-refractivity contribution in [2.75, 3.05) is 13.1 Å². The predicted molar refractivity (Wildman–Crippen MR) is 81.7 cm³/mol. The first kappa shape index (κ1) is 15.8. The van der Waals surface area contributed by atoms with E-state index in [1.54, 1.807) is 13.8 Å². The maximum atomic E-state index is 12.8. The zero-order valence-electron chi connectivity index (χ0n) is 13.5. The fourth-order valence-corrected chi connectivity index (χ4v) is 4.79. The van der Waals surface area contributed by atoms with E-state index in [1.807, 2.05) is 0 Å². The van der Waals surface area contributed by atoms with Crippen LogP contribution in [-0.2, 0) is 15.6 Å². The van der Waals surface area contributed by atoms with Gasteiger partial charge >= 0.3 is 0 Å². The van der Waals surface area contributed by atoms with Gasteiger partial charge in [0.2, 0.25) is 10.0 Å². The lowest BCUT2D eigenvalue weighted by molar-refractivity contribution is 0.0194. The largest absolute Gasteiger partial charge is 0.465 e. The minimum atomic E-state index is -3.74. The van der Waals surface area contributed by atoms with Crippen molar-refractivity contribution in [2.24, 2.45) is 0 Å². The minimum absolute atomic E-state index is 0.0993. The summed E-state index contributed by atoms with van der Waals surface area (Å²) in [6.45, 7) is 3.39. The van der Waals surface area contributed by atoms with Gasteiger partial charge in [0.1, 0.15) is 16.4 Å². The number of β-amino-alcohol motifs (C(OH)–C–C–N with tert-alkyl or cyclic N) is 1. The van der Waals surface area contributed by atoms with Gasteiger partial charge in [-0.3, -0.25) is 0 Å². The molecule has 0 bridgehead atoms. The summed E-state index contributed by atoms with van der Waals surface area (Å²) < 4.78 is 37.4. The van der Waals surface area contributed by atoms with E-state index in [4.69, 9.17) is 8.94 Å². The molecule has 2 aliphatic rings. The van der Waals surface area contributed by atoms with Crippen LogP contribution >= 0.6 is 0 Å². The summed E-state index contributed by atoms with van der Waals surface area (Å²) >= 11 is 0. The number of nitrogens with zero attached hydrogens (tertiary/aromatic N) is 3. The van der Waals surface area contributed by atoms with Crippen molar-refractivity contribution in [3.8, 4) is 0 Å². The summed E-state index contributed by atoms with van der Waals surface area (Å²) in [7, 11) is -3.74. The topological polar surface area (TPSA) is 110 Å². The van der Waals surface area contributed by atoms with Gasteiger partial charge in [0.25, 0.3) is 5.89 Å². The SMILES string of the molecule is Cc1cc(S(=O)(=O)N2CCC(O)(c3nc(C4CC4)no3)C2)c(C)o1. The molecule has 2 aromatic heterocycles. The van der Waals surface area contributed by atoms with Gasteiger partial charge in [-0.2, -0.15) is 9.29 Å². The lowest BCUT2D eigenvalue weighted by atomic mass is 10.0. The molecule has 0 spiro atoms. The van der Waals surface area contributed by atoms with E-state index in [0.717, 1.165) is 12.8 Å². The van der Waals surface area contributed by atoms with Gasteiger partial charge in [0, 0.05) is 18.9 Å². The van der Waals surface area contributed by atoms with Crippen molar-refractivity contribution < 1.29 is 22.5 Å². The van der Waals surface area contributed by atoms with Crippen LogP contribution in [0.5, 0.6) is 0 Å². The second kappa shape index (κ2) is 5.14. The number of furan rings is 1. The average Bonchev–Trinajstić information content (AvgIpc) is 2.95. The Morgan fingerprint density at radius 1 is 1.38 bits per heavy atom. The Labute approximate surface area is 139 Å². The maximum absolute atomic E-state index is 12.8. The van der Waals surface area contributed by atoms with Crippen LogP contribution in [0.2, 0.25) is 0 Å². The Kier molecular flexibility index (Phi) is 3.38. The summed E-state index contributed by atoms with van der Waals surface area (Å²) in [4.78, 5) is 4.40. The molecule has 0 aromatic carbocycles. The van der Waals surface area contributed by atoms with Crippen LogP contribution in [-0.4, -0.2) is 41.1 Å². The zero-order valence-corrected chi connectivity index (χ0v) is 14.3. The molecule has 9 heteroatoms. The number of rotatable bonds is 4. The molecule has 24 heavy (non-hydrogen) atoms. The molecule has 1 N–H and O–H groups in total. The van der Waals surface area contributed by atoms with E-state index in [0.29, 0.717) is 23.3 Å². The summed E-state index contributed by atoms with van der Waals surface area (Å²) in [5.41, 5.74) is -1.44. The molecular weight excluding hydrogens is 334 g/mol. The van der Waals surface area contributed by atoms with Crippen molar-refractivity contribution in [3.63, 3.8) is 0 Å². The number of sulfonamides is 1.